The zero-order chi connectivity index (χ0) is 14.4. The van der Waals surface area contributed by atoms with Crippen LogP contribution in [0, 0.1) is 0 Å². The van der Waals surface area contributed by atoms with Crippen LogP contribution >= 0.6 is 11.6 Å². The molecule has 6 heteroatoms. The topological polar surface area (TPSA) is 60.5 Å². The molecule has 5 nitrogen and oxygen atoms in total. The van der Waals surface area contributed by atoms with Gasteiger partial charge >= 0.3 is 0 Å². The van der Waals surface area contributed by atoms with Crippen LogP contribution in [0.2, 0.25) is 5.15 Å². The summed E-state index contributed by atoms with van der Waals surface area (Å²) in [5.74, 6) is 0.795. The fourth-order valence-corrected chi connectivity index (χ4v) is 1.73. The first-order valence-corrected chi connectivity index (χ1v) is 6.24. The van der Waals surface area contributed by atoms with Crippen LogP contribution in [-0.4, -0.2) is 24.6 Å². The molecule has 0 fully saturated rings. The number of hydrogen-bond acceptors (Lipinski definition) is 4. The highest BCUT2D eigenvalue weighted by molar-refractivity contribution is 6.29. The number of rotatable bonds is 5. The number of pyridine rings is 1. The normalized spacial score (nSPS) is 9.90. The van der Waals surface area contributed by atoms with Gasteiger partial charge < -0.3 is 14.8 Å². The number of nitrogens with one attached hydrogen (secondary N) is 1. The van der Waals surface area contributed by atoms with E-state index in [2.05, 4.69) is 10.3 Å². The Morgan fingerprint density at radius 3 is 2.75 bits per heavy atom. The van der Waals surface area contributed by atoms with E-state index in [1.165, 1.54) is 6.20 Å². The molecule has 0 aliphatic carbocycles. The molecule has 20 heavy (non-hydrogen) atoms. The first-order valence-electron chi connectivity index (χ1n) is 5.86. The van der Waals surface area contributed by atoms with Crippen LogP contribution in [-0.2, 0) is 4.79 Å². The molecule has 1 heterocycles. The summed E-state index contributed by atoms with van der Waals surface area (Å²) in [5.41, 5.74) is 0.568. The zero-order valence-electron chi connectivity index (χ0n) is 10.8. The van der Waals surface area contributed by atoms with Gasteiger partial charge in [-0.1, -0.05) is 23.7 Å². The lowest BCUT2D eigenvalue weighted by atomic mass is 10.3. The third kappa shape index (κ3) is 3.86. The molecule has 0 unspecified atom stereocenters. The minimum atomic E-state index is -0.293. The van der Waals surface area contributed by atoms with Crippen molar-refractivity contribution in [2.45, 2.75) is 0 Å². The molecule has 2 aromatic rings. The Balaban J connectivity index is 1.92. The van der Waals surface area contributed by atoms with Crippen molar-refractivity contribution in [1.29, 1.82) is 0 Å². The molecule has 0 bridgehead atoms. The number of anilines is 1. The van der Waals surface area contributed by atoms with E-state index in [-0.39, 0.29) is 12.5 Å². The molecular weight excluding hydrogens is 280 g/mol. The van der Waals surface area contributed by atoms with Gasteiger partial charge in [0.25, 0.3) is 5.91 Å². The Morgan fingerprint density at radius 2 is 2.05 bits per heavy atom. The van der Waals surface area contributed by atoms with Crippen molar-refractivity contribution in [2.24, 2.45) is 0 Å². The van der Waals surface area contributed by atoms with Crippen molar-refractivity contribution in [2.75, 3.05) is 19.0 Å². The van der Waals surface area contributed by atoms with Crippen LogP contribution in [0.15, 0.2) is 42.6 Å². The van der Waals surface area contributed by atoms with Crippen LogP contribution in [0.4, 0.5) is 5.69 Å². The smallest absolute Gasteiger partial charge is 0.262 e. The third-order valence-corrected chi connectivity index (χ3v) is 2.64. The number of ether oxygens (including phenoxy) is 2. The number of amides is 1. The number of hydrogen-bond donors (Lipinski definition) is 1. The summed E-state index contributed by atoms with van der Waals surface area (Å²) in [4.78, 5) is 15.6. The summed E-state index contributed by atoms with van der Waals surface area (Å²) < 4.78 is 10.5. The predicted molar refractivity (Wildman–Crippen MR) is 76.4 cm³/mol. The molecule has 1 aromatic heterocycles. The number of benzene rings is 1. The van der Waals surface area contributed by atoms with Crippen LogP contribution in [0.25, 0.3) is 0 Å². The summed E-state index contributed by atoms with van der Waals surface area (Å²) in [6.45, 7) is -0.125. The van der Waals surface area contributed by atoms with Gasteiger partial charge in [0.15, 0.2) is 18.1 Å². The average molecular weight is 293 g/mol. The number of carbonyl (C=O) groups excluding carboxylic acids is 1. The van der Waals surface area contributed by atoms with E-state index in [0.29, 0.717) is 22.3 Å². The largest absolute Gasteiger partial charge is 0.493 e. The average Bonchev–Trinajstić information content (AvgIpc) is 2.45. The maximum absolute atomic E-state index is 11.8. The van der Waals surface area contributed by atoms with E-state index >= 15 is 0 Å². The van der Waals surface area contributed by atoms with E-state index in [9.17, 15) is 4.79 Å². The van der Waals surface area contributed by atoms with E-state index in [1.54, 1.807) is 37.4 Å². The number of carbonyl (C=O) groups is 1. The Labute approximate surface area is 121 Å². The predicted octanol–water partition coefficient (Wildman–Crippen LogP) is 2.76. The zero-order valence-corrected chi connectivity index (χ0v) is 11.6. The van der Waals surface area contributed by atoms with Gasteiger partial charge in [-0.2, -0.15) is 0 Å². The van der Waals surface area contributed by atoms with E-state index < -0.39 is 0 Å². The van der Waals surface area contributed by atoms with Gasteiger partial charge in [0.1, 0.15) is 5.15 Å². The summed E-state index contributed by atoms with van der Waals surface area (Å²) in [6.07, 6.45) is 1.51. The van der Waals surface area contributed by atoms with Crippen LogP contribution in [0.1, 0.15) is 0 Å². The molecular formula is C14H13ClN2O3. The molecule has 0 atom stereocenters. The summed E-state index contributed by atoms with van der Waals surface area (Å²) in [5, 5.41) is 2.97. The molecule has 0 aliphatic rings. The van der Waals surface area contributed by atoms with Crippen LogP contribution < -0.4 is 14.8 Å². The van der Waals surface area contributed by atoms with Crippen molar-refractivity contribution >= 4 is 23.2 Å². The highest BCUT2D eigenvalue weighted by Crippen LogP contribution is 2.25. The number of para-hydroxylation sites is 2. The van der Waals surface area contributed by atoms with Crippen molar-refractivity contribution in [1.82, 2.24) is 4.98 Å². The van der Waals surface area contributed by atoms with Gasteiger partial charge in [0, 0.05) is 11.9 Å². The SMILES string of the molecule is COc1ccccc1OCC(=O)Nc1ccnc(Cl)c1. The number of aromatic nitrogens is 1. The number of methoxy groups -OCH3 is 1. The first-order chi connectivity index (χ1) is 9.69. The second-order valence-corrected chi connectivity index (χ2v) is 4.24. The molecule has 0 saturated heterocycles. The number of halogens is 1. The molecule has 1 aromatic carbocycles. The second kappa shape index (κ2) is 6.77. The fourth-order valence-electron chi connectivity index (χ4n) is 1.56. The van der Waals surface area contributed by atoms with E-state index in [0.717, 1.165) is 0 Å². The highest BCUT2D eigenvalue weighted by Gasteiger charge is 2.07. The highest BCUT2D eigenvalue weighted by atomic mass is 35.5. The van der Waals surface area contributed by atoms with Crippen molar-refractivity contribution < 1.29 is 14.3 Å². The lowest BCUT2D eigenvalue weighted by Crippen LogP contribution is -2.20. The maximum atomic E-state index is 11.8. The van der Waals surface area contributed by atoms with Gasteiger partial charge in [0.05, 0.1) is 7.11 Å². The van der Waals surface area contributed by atoms with Gasteiger partial charge in [-0.25, -0.2) is 4.98 Å². The minimum absolute atomic E-state index is 0.125. The molecule has 1 amide bonds. The van der Waals surface area contributed by atoms with Gasteiger partial charge in [-0.3, -0.25) is 4.79 Å². The molecule has 104 valence electrons. The maximum Gasteiger partial charge on any atom is 0.262 e. The molecule has 0 saturated carbocycles. The summed E-state index contributed by atoms with van der Waals surface area (Å²) in [6, 6.07) is 10.3. The molecule has 0 radical (unpaired) electrons. The first kappa shape index (κ1) is 14.1. The second-order valence-electron chi connectivity index (χ2n) is 3.85. The Bertz CT molecular complexity index is 604. The lowest BCUT2D eigenvalue weighted by molar-refractivity contribution is -0.118. The molecule has 0 spiro atoms. The third-order valence-electron chi connectivity index (χ3n) is 2.44. The Kier molecular flexibility index (Phi) is 4.79. The monoisotopic (exact) mass is 292 g/mol. The van der Waals surface area contributed by atoms with Gasteiger partial charge in [-0.15, -0.1) is 0 Å². The lowest BCUT2D eigenvalue weighted by Gasteiger charge is -2.10. The van der Waals surface area contributed by atoms with Crippen LogP contribution in [0.3, 0.4) is 0 Å². The fraction of sp³-hybridized carbons (Fsp3) is 0.143. The minimum Gasteiger partial charge on any atom is -0.493 e. The Morgan fingerprint density at radius 1 is 1.30 bits per heavy atom. The number of nitrogens with zero attached hydrogens (tertiary/aromatic N) is 1. The molecule has 1 N–H and O–H groups in total. The van der Waals surface area contributed by atoms with Crippen molar-refractivity contribution in [3.05, 3.63) is 47.7 Å². The van der Waals surface area contributed by atoms with Gasteiger partial charge in [0.2, 0.25) is 0 Å². The standard InChI is InChI=1S/C14H13ClN2O3/c1-19-11-4-2-3-5-12(11)20-9-14(18)17-10-6-7-16-13(15)8-10/h2-8H,9H2,1H3,(H,16,17,18). The van der Waals surface area contributed by atoms with Crippen molar-refractivity contribution in [3.8, 4) is 11.5 Å². The summed E-state index contributed by atoms with van der Waals surface area (Å²) in [7, 11) is 1.54. The quantitative estimate of drug-likeness (QED) is 0.861. The van der Waals surface area contributed by atoms with E-state index in [1.807, 2.05) is 6.07 Å². The van der Waals surface area contributed by atoms with E-state index in [4.69, 9.17) is 21.1 Å². The molecule has 2 rings (SSSR count). The van der Waals surface area contributed by atoms with Crippen molar-refractivity contribution in [3.63, 3.8) is 0 Å². The summed E-state index contributed by atoms with van der Waals surface area (Å²) >= 11 is 5.73. The van der Waals surface area contributed by atoms with Crippen LogP contribution in [0.5, 0.6) is 11.5 Å². The Hall–Kier alpha value is -2.27. The molecule has 0 aliphatic heterocycles. The van der Waals surface area contributed by atoms with Gasteiger partial charge in [-0.05, 0) is 24.3 Å².